The molecule has 0 amide bonds. The van der Waals surface area contributed by atoms with Crippen molar-refractivity contribution in [2.24, 2.45) is 11.8 Å². The van der Waals surface area contributed by atoms with Gasteiger partial charge in [0.05, 0.1) is 0 Å². The minimum atomic E-state index is 0.463. The van der Waals surface area contributed by atoms with E-state index in [1.165, 1.54) is 54.4 Å². The fourth-order valence-electron chi connectivity index (χ4n) is 3.89. The largest absolute Gasteiger partial charge is 0.310 e. The molecule has 1 aliphatic carbocycles. The van der Waals surface area contributed by atoms with Crippen molar-refractivity contribution in [3.05, 3.63) is 34.4 Å². The van der Waals surface area contributed by atoms with E-state index >= 15 is 0 Å². The summed E-state index contributed by atoms with van der Waals surface area (Å²) in [4.78, 5) is 0. The molecule has 1 aromatic rings. The average Bonchev–Trinajstić information content (AvgIpc) is 2.43. The zero-order valence-electron chi connectivity index (χ0n) is 14.6. The summed E-state index contributed by atoms with van der Waals surface area (Å²) in [5.74, 6) is 1.90. The minimum Gasteiger partial charge on any atom is -0.310 e. The predicted octanol–water partition coefficient (Wildman–Crippen LogP) is 5.48. The first-order valence-electron chi connectivity index (χ1n) is 8.78. The van der Waals surface area contributed by atoms with Gasteiger partial charge in [0.15, 0.2) is 0 Å². The maximum atomic E-state index is 3.75. The number of hydrogen-bond donors (Lipinski definition) is 1. The van der Waals surface area contributed by atoms with Crippen LogP contribution >= 0.6 is 0 Å². The molecule has 1 heteroatoms. The Bertz CT molecular complexity index is 463. The number of rotatable bonds is 5. The van der Waals surface area contributed by atoms with E-state index in [2.05, 4.69) is 52.1 Å². The summed E-state index contributed by atoms with van der Waals surface area (Å²) in [7, 11) is 0. The first kappa shape index (κ1) is 16.5. The lowest BCUT2D eigenvalue weighted by atomic mass is 9.81. The van der Waals surface area contributed by atoms with Crippen molar-refractivity contribution >= 4 is 0 Å². The zero-order chi connectivity index (χ0) is 15.4. The highest BCUT2D eigenvalue weighted by molar-refractivity contribution is 5.37. The summed E-state index contributed by atoms with van der Waals surface area (Å²) in [6, 6.07) is 5.15. The normalized spacial score (nSPS) is 24.0. The second-order valence-electron chi connectivity index (χ2n) is 7.40. The molecule has 1 saturated carbocycles. The fraction of sp³-hybridized carbons (Fsp3) is 0.700. The number of hydrogen-bond acceptors (Lipinski definition) is 1. The third-order valence-electron chi connectivity index (χ3n) is 5.40. The number of nitrogens with one attached hydrogen (secondary N) is 1. The molecule has 0 saturated heterocycles. The van der Waals surface area contributed by atoms with Gasteiger partial charge in [-0.3, -0.25) is 0 Å². The van der Waals surface area contributed by atoms with Crippen molar-refractivity contribution in [2.45, 2.75) is 72.8 Å². The van der Waals surface area contributed by atoms with Gasteiger partial charge in [0.2, 0.25) is 0 Å². The van der Waals surface area contributed by atoms with E-state index in [-0.39, 0.29) is 0 Å². The monoisotopic (exact) mass is 287 g/mol. The second kappa shape index (κ2) is 7.45. The molecule has 0 aromatic heterocycles. The number of benzene rings is 1. The molecule has 0 bridgehead atoms. The highest BCUT2D eigenvalue weighted by atomic mass is 14.9. The van der Waals surface area contributed by atoms with Crippen LogP contribution in [0.1, 0.15) is 74.2 Å². The van der Waals surface area contributed by atoms with Gasteiger partial charge in [-0.25, -0.2) is 0 Å². The Morgan fingerprint density at radius 2 is 1.81 bits per heavy atom. The molecular weight excluding hydrogens is 254 g/mol. The van der Waals surface area contributed by atoms with Gasteiger partial charge >= 0.3 is 0 Å². The van der Waals surface area contributed by atoms with Crippen LogP contribution in [0.4, 0.5) is 0 Å². The molecule has 0 heterocycles. The van der Waals surface area contributed by atoms with E-state index in [4.69, 9.17) is 0 Å². The van der Waals surface area contributed by atoms with Crippen LogP contribution < -0.4 is 5.32 Å². The molecule has 0 radical (unpaired) electrons. The van der Waals surface area contributed by atoms with E-state index in [0.717, 1.165) is 18.4 Å². The summed E-state index contributed by atoms with van der Waals surface area (Å²) in [5, 5.41) is 3.75. The van der Waals surface area contributed by atoms with Gasteiger partial charge in [-0.2, -0.15) is 0 Å². The van der Waals surface area contributed by atoms with Crippen LogP contribution in [0.2, 0.25) is 0 Å². The molecule has 3 unspecified atom stereocenters. The third-order valence-corrected chi connectivity index (χ3v) is 5.40. The standard InChI is InChI=1S/C20H33N/c1-14-7-6-8-19(11-14)9-10-21-18(5)20-13-16(3)15(2)12-17(20)4/h12-14,18-19,21H,6-11H2,1-5H3. The fourth-order valence-corrected chi connectivity index (χ4v) is 3.89. The Morgan fingerprint density at radius 3 is 2.52 bits per heavy atom. The Balaban J connectivity index is 1.84. The van der Waals surface area contributed by atoms with Gasteiger partial charge in [-0.15, -0.1) is 0 Å². The first-order chi connectivity index (χ1) is 9.97. The molecule has 3 atom stereocenters. The van der Waals surface area contributed by atoms with Crippen molar-refractivity contribution in [1.29, 1.82) is 0 Å². The molecule has 21 heavy (non-hydrogen) atoms. The summed E-state index contributed by atoms with van der Waals surface area (Å²) < 4.78 is 0. The van der Waals surface area contributed by atoms with Crippen molar-refractivity contribution in [3.8, 4) is 0 Å². The Morgan fingerprint density at radius 1 is 1.10 bits per heavy atom. The maximum absolute atomic E-state index is 3.75. The highest BCUT2D eigenvalue weighted by Crippen LogP contribution is 2.30. The van der Waals surface area contributed by atoms with Crippen LogP contribution in [-0.4, -0.2) is 6.54 Å². The number of aryl methyl sites for hydroxylation is 3. The van der Waals surface area contributed by atoms with Crippen molar-refractivity contribution in [2.75, 3.05) is 6.54 Å². The highest BCUT2D eigenvalue weighted by Gasteiger charge is 2.18. The van der Waals surface area contributed by atoms with Gasteiger partial charge in [-0.1, -0.05) is 38.3 Å². The van der Waals surface area contributed by atoms with Crippen LogP contribution in [0.15, 0.2) is 12.1 Å². The first-order valence-corrected chi connectivity index (χ1v) is 8.78. The Kier molecular flexibility index (Phi) is 5.87. The summed E-state index contributed by atoms with van der Waals surface area (Å²) >= 11 is 0. The molecule has 118 valence electrons. The molecule has 1 aliphatic rings. The Hall–Kier alpha value is -0.820. The molecule has 0 spiro atoms. The summed E-state index contributed by atoms with van der Waals surface area (Å²) in [5.41, 5.74) is 5.70. The SMILES string of the molecule is Cc1cc(C)c(C(C)NCCC2CCCC(C)C2)cc1C. The average molecular weight is 287 g/mol. The quantitative estimate of drug-likeness (QED) is 0.756. The van der Waals surface area contributed by atoms with Crippen molar-refractivity contribution < 1.29 is 0 Å². The topological polar surface area (TPSA) is 12.0 Å². The predicted molar refractivity (Wildman–Crippen MR) is 92.8 cm³/mol. The van der Waals surface area contributed by atoms with Gasteiger partial charge < -0.3 is 5.32 Å². The van der Waals surface area contributed by atoms with E-state index in [1.807, 2.05) is 0 Å². The Labute approximate surface area is 131 Å². The molecule has 2 rings (SSSR count). The lowest BCUT2D eigenvalue weighted by Crippen LogP contribution is -2.24. The van der Waals surface area contributed by atoms with Crippen molar-refractivity contribution in [3.63, 3.8) is 0 Å². The zero-order valence-corrected chi connectivity index (χ0v) is 14.6. The van der Waals surface area contributed by atoms with Crippen LogP contribution in [-0.2, 0) is 0 Å². The second-order valence-corrected chi connectivity index (χ2v) is 7.40. The van der Waals surface area contributed by atoms with E-state index in [9.17, 15) is 0 Å². The molecule has 1 aromatic carbocycles. The van der Waals surface area contributed by atoms with Crippen LogP contribution in [0.25, 0.3) is 0 Å². The van der Waals surface area contributed by atoms with Gasteiger partial charge in [-0.05, 0) is 81.2 Å². The molecule has 1 fully saturated rings. The van der Waals surface area contributed by atoms with Crippen LogP contribution in [0.3, 0.4) is 0 Å². The van der Waals surface area contributed by atoms with E-state index in [0.29, 0.717) is 6.04 Å². The summed E-state index contributed by atoms with van der Waals surface area (Å²) in [6.45, 7) is 12.5. The molecule has 1 N–H and O–H groups in total. The van der Waals surface area contributed by atoms with Crippen LogP contribution in [0.5, 0.6) is 0 Å². The van der Waals surface area contributed by atoms with Crippen LogP contribution in [0, 0.1) is 32.6 Å². The molecular formula is C20H33N. The van der Waals surface area contributed by atoms with E-state index in [1.54, 1.807) is 0 Å². The third kappa shape index (κ3) is 4.57. The van der Waals surface area contributed by atoms with Gasteiger partial charge in [0, 0.05) is 6.04 Å². The van der Waals surface area contributed by atoms with E-state index < -0.39 is 0 Å². The molecule has 1 nitrogen and oxygen atoms in total. The van der Waals surface area contributed by atoms with Gasteiger partial charge in [0.1, 0.15) is 0 Å². The lowest BCUT2D eigenvalue weighted by Gasteiger charge is -2.27. The smallest absolute Gasteiger partial charge is 0.0294 e. The summed E-state index contributed by atoms with van der Waals surface area (Å²) in [6.07, 6.45) is 7.13. The van der Waals surface area contributed by atoms with Gasteiger partial charge in [0.25, 0.3) is 0 Å². The minimum absolute atomic E-state index is 0.463. The maximum Gasteiger partial charge on any atom is 0.0294 e. The molecule has 0 aliphatic heterocycles. The van der Waals surface area contributed by atoms with Crippen molar-refractivity contribution in [1.82, 2.24) is 5.32 Å². The lowest BCUT2D eigenvalue weighted by molar-refractivity contribution is 0.265.